The average molecular weight is 643 g/mol. The van der Waals surface area contributed by atoms with Gasteiger partial charge in [-0.05, 0) is 60.4 Å². The van der Waals surface area contributed by atoms with E-state index in [1.54, 1.807) is 62.6 Å². The molecule has 1 amide bonds. The number of sulfone groups is 2. The van der Waals surface area contributed by atoms with Gasteiger partial charge in [0, 0.05) is 24.2 Å². The molecular formula is C30H34N4O8S2. The van der Waals surface area contributed by atoms with Crippen LogP contribution in [0.5, 0.6) is 17.2 Å². The Balaban J connectivity index is 1.92. The summed E-state index contributed by atoms with van der Waals surface area (Å²) in [6.45, 7) is 3.35. The van der Waals surface area contributed by atoms with Crippen LogP contribution >= 0.6 is 0 Å². The maximum Gasteiger partial charge on any atom is 0.289 e. The highest BCUT2D eigenvalue weighted by molar-refractivity contribution is 7.94. The van der Waals surface area contributed by atoms with Crippen LogP contribution in [-0.2, 0) is 19.7 Å². The molecule has 4 rings (SSSR count). The van der Waals surface area contributed by atoms with E-state index in [1.807, 2.05) is 0 Å². The minimum absolute atomic E-state index is 0.0706. The summed E-state index contributed by atoms with van der Waals surface area (Å²) in [5, 5.41) is 4.03. The predicted octanol–water partition coefficient (Wildman–Crippen LogP) is 4.16. The second-order valence-corrected chi connectivity index (χ2v) is 13.8. The first-order chi connectivity index (χ1) is 21.0. The molecule has 14 heteroatoms. The van der Waals surface area contributed by atoms with Crippen molar-refractivity contribution in [3.63, 3.8) is 0 Å². The van der Waals surface area contributed by atoms with E-state index in [2.05, 4.69) is 15.5 Å². The first-order valence-corrected chi connectivity index (χ1v) is 17.0. The van der Waals surface area contributed by atoms with Crippen LogP contribution in [0.15, 0.2) is 69.9 Å². The third kappa shape index (κ3) is 6.40. The number of fused-ring (bicyclic) bond motifs is 1. The molecule has 0 aliphatic carbocycles. The summed E-state index contributed by atoms with van der Waals surface area (Å²) >= 11 is 0. The normalized spacial score (nSPS) is 12.0. The van der Waals surface area contributed by atoms with Crippen LogP contribution in [-0.4, -0.2) is 71.2 Å². The lowest BCUT2D eigenvalue weighted by atomic mass is 10.1. The number of benzene rings is 1. The van der Waals surface area contributed by atoms with Crippen molar-refractivity contribution in [2.75, 3.05) is 32.8 Å². The van der Waals surface area contributed by atoms with Gasteiger partial charge in [-0.15, -0.1) is 0 Å². The molecule has 0 atom stereocenters. The molecule has 0 saturated carbocycles. The van der Waals surface area contributed by atoms with E-state index < -0.39 is 35.4 Å². The van der Waals surface area contributed by atoms with Crippen molar-refractivity contribution < 1.29 is 35.8 Å². The second-order valence-electron chi connectivity index (χ2n) is 9.71. The molecule has 3 heterocycles. The lowest BCUT2D eigenvalue weighted by Gasteiger charge is -2.12. The van der Waals surface area contributed by atoms with Crippen molar-refractivity contribution >= 4 is 37.3 Å². The summed E-state index contributed by atoms with van der Waals surface area (Å²) < 4.78 is 72.1. The molecule has 44 heavy (non-hydrogen) atoms. The minimum atomic E-state index is -4.23. The highest BCUT2D eigenvalue weighted by atomic mass is 32.2. The fraction of sp³-hybridized carbons (Fsp3) is 0.300. The number of aromatic nitrogens is 2. The Bertz CT molecular complexity index is 1890. The molecule has 0 saturated heterocycles. The van der Waals surface area contributed by atoms with E-state index >= 15 is 0 Å². The van der Waals surface area contributed by atoms with Crippen molar-refractivity contribution in [2.24, 2.45) is 5.10 Å². The third-order valence-electron chi connectivity index (χ3n) is 6.71. The summed E-state index contributed by atoms with van der Waals surface area (Å²) in [5.41, 5.74) is 3.92. The molecule has 0 fully saturated rings. The Morgan fingerprint density at radius 2 is 1.45 bits per heavy atom. The van der Waals surface area contributed by atoms with Gasteiger partial charge < -0.3 is 18.6 Å². The molecular weight excluding hydrogens is 608 g/mol. The summed E-state index contributed by atoms with van der Waals surface area (Å²) in [7, 11) is -3.98. The van der Waals surface area contributed by atoms with Gasteiger partial charge in [0.2, 0.25) is 5.75 Å². The number of carbonyl (C=O) groups is 1. The molecule has 4 aromatic rings. The van der Waals surface area contributed by atoms with Crippen LogP contribution in [0, 0.1) is 0 Å². The van der Waals surface area contributed by atoms with Crippen molar-refractivity contribution in [3.8, 4) is 28.4 Å². The van der Waals surface area contributed by atoms with Crippen molar-refractivity contribution in [2.45, 2.75) is 36.5 Å². The Labute approximate surface area is 256 Å². The number of ether oxygens (including phenoxy) is 3. The van der Waals surface area contributed by atoms with Gasteiger partial charge in [0.25, 0.3) is 5.91 Å². The van der Waals surface area contributed by atoms with Crippen LogP contribution in [0.1, 0.15) is 42.7 Å². The first-order valence-electron chi connectivity index (χ1n) is 13.7. The van der Waals surface area contributed by atoms with Gasteiger partial charge in [0.1, 0.15) is 15.5 Å². The van der Waals surface area contributed by atoms with Crippen LogP contribution in [0.25, 0.3) is 16.6 Å². The number of hydrogen-bond acceptors (Lipinski definition) is 10. The molecule has 0 aliphatic heterocycles. The smallest absolute Gasteiger partial charge is 0.289 e. The van der Waals surface area contributed by atoms with E-state index in [0.717, 1.165) is 5.56 Å². The summed E-state index contributed by atoms with van der Waals surface area (Å²) in [6.07, 6.45) is 6.44. The van der Waals surface area contributed by atoms with Gasteiger partial charge in [-0.1, -0.05) is 13.8 Å². The van der Waals surface area contributed by atoms with Crippen molar-refractivity contribution in [1.29, 1.82) is 0 Å². The van der Waals surface area contributed by atoms with Crippen LogP contribution in [0.2, 0.25) is 0 Å². The first kappa shape index (κ1) is 32.5. The molecule has 0 spiro atoms. The Morgan fingerprint density at radius 3 is 2.00 bits per heavy atom. The number of carbonyl (C=O) groups excluding carboxylic acids is 1. The fourth-order valence-corrected chi connectivity index (χ4v) is 8.84. The predicted molar refractivity (Wildman–Crippen MR) is 166 cm³/mol. The van der Waals surface area contributed by atoms with Gasteiger partial charge in [-0.3, -0.25) is 9.78 Å². The summed E-state index contributed by atoms with van der Waals surface area (Å²) in [6, 6.07) is 9.95. The largest absolute Gasteiger partial charge is 0.493 e. The summed E-state index contributed by atoms with van der Waals surface area (Å²) in [4.78, 5) is 16.8. The van der Waals surface area contributed by atoms with Gasteiger partial charge in [0.15, 0.2) is 31.2 Å². The number of amides is 1. The van der Waals surface area contributed by atoms with Gasteiger partial charge in [-0.2, -0.15) is 5.10 Å². The Morgan fingerprint density at radius 1 is 0.864 bits per heavy atom. The number of pyridine rings is 2. The van der Waals surface area contributed by atoms with Gasteiger partial charge >= 0.3 is 0 Å². The summed E-state index contributed by atoms with van der Waals surface area (Å²) in [5.74, 6) is -0.477. The van der Waals surface area contributed by atoms with E-state index in [4.69, 9.17) is 14.2 Å². The maximum absolute atomic E-state index is 13.7. The maximum atomic E-state index is 13.7. The van der Waals surface area contributed by atoms with Crippen molar-refractivity contribution in [1.82, 2.24) is 14.8 Å². The third-order valence-corrected chi connectivity index (χ3v) is 10.8. The molecule has 0 unspecified atom stereocenters. The zero-order valence-electron chi connectivity index (χ0n) is 25.0. The highest BCUT2D eigenvalue weighted by Gasteiger charge is 2.37. The standard InChI is InChI=1S/C30H34N4O8S2/c1-6-14-43(36,37)28-23-18-22(21-8-11-31-12-9-21)10-13-34(23)26(29(28)44(38,39)15-7-2)30(35)33-32-19-20-16-24(40-3)27(42-5)25(17-20)41-4/h8-13,16-19H,6-7,14-15H2,1-5H3,(H,33,35). The molecule has 0 radical (unpaired) electrons. The number of hydrazone groups is 1. The highest BCUT2D eigenvalue weighted by Crippen LogP contribution is 2.38. The van der Waals surface area contributed by atoms with Crippen LogP contribution in [0.4, 0.5) is 0 Å². The Hall–Kier alpha value is -4.43. The molecule has 0 aliphatic rings. The average Bonchev–Trinajstić information content (AvgIpc) is 3.37. The quantitative estimate of drug-likeness (QED) is 0.167. The van der Waals surface area contributed by atoms with Gasteiger partial charge in [0.05, 0.1) is 44.6 Å². The van der Waals surface area contributed by atoms with Crippen molar-refractivity contribution in [3.05, 3.63) is 66.2 Å². The van der Waals surface area contributed by atoms with E-state index in [-0.39, 0.29) is 35.6 Å². The number of nitrogens with one attached hydrogen (secondary N) is 1. The number of nitrogens with zero attached hydrogens (tertiary/aromatic N) is 3. The Kier molecular flexibility index (Phi) is 9.95. The lowest BCUT2D eigenvalue weighted by molar-refractivity contribution is 0.0945. The molecule has 12 nitrogen and oxygen atoms in total. The molecule has 3 aromatic heterocycles. The monoisotopic (exact) mass is 642 g/mol. The van der Waals surface area contributed by atoms with Gasteiger partial charge in [-0.25, -0.2) is 22.3 Å². The molecule has 1 aromatic carbocycles. The molecule has 0 bridgehead atoms. The zero-order chi connectivity index (χ0) is 32.1. The zero-order valence-corrected chi connectivity index (χ0v) is 26.7. The van der Waals surface area contributed by atoms with E-state index in [1.165, 1.54) is 38.1 Å². The topological polar surface area (TPSA) is 155 Å². The number of methoxy groups -OCH3 is 3. The second kappa shape index (κ2) is 13.5. The minimum Gasteiger partial charge on any atom is -0.493 e. The molecule has 234 valence electrons. The lowest BCUT2D eigenvalue weighted by Crippen LogP contribution is -2.23. The molecule has 1 N–H and O–H groups in total. The number of rotatable bonds is 13. The number of hydrogen-bond donors (Lipinski definition) is 1. The van der Waals surface area contributed by atoms with E-state index in [0.29, 0.717) is 28.4 Å². The SMILES string of the molecule is CCCS(=O)(=O)c1c(S(=O)(=O)CCC)c2cc(-c3ccncc3)ccn2c1C(=O)NN=Cc1cc(OC)c(OC)c(OC)c1. The van der Waals surface area contributed by atoms with E-state index in [9.17, 15) is 21.6 Å². The fourth-order valence-electron chi connectivity index (χ4n) is 4.86. The van der Waals surface area contributed by atoms with Crippen LogP contribution < -0.4 is 19.6 Å². The van der Waals surface area contributed by atoms with Crippen LogP contribution in [0.3, 0.4) is 0 Å².